The van der Waals surface area contributed by atoms with Gasteiger partial charge in [-0.2, -0.15) is 0 Å². The van der Waals surface area contributed by atoms with E-state index in [1.165, 1.54) is 0 Å². The van der Waals surface area contributed by atoms with Crippen LogP contribution in [0.15, 0.2) is 0 Å². The topological polar surface area (TPSA) is 26.3 Å². The third-order valence-electron chi connectivity index (χ3n) is 2.69. The first-order chi connectivity index (χ1) is 9.32. The van der Waals surface area contributed by atoms with Gasteiger partial charge in [-0.15, -0.1) is 11.8 Å². The number of ether oxygens (including phenoxy) is 1. The van der Waals surface area contributed by atoms with Crippen LogP contribution in [0.25, 0.3) is 0 Å². The van der Waals surface area contributed by atoms with Crippen LogP contribution >= 0.6 is 11.8 Å². The number of halogens is 2. The van der Waals surface area contributed by atoms with Crippen molar-refractivity contribution in [1.29, 1.82) is 0 Å². The molecule has 1 unspecified atom stereocenters. The summed E-state index contributed by atoms with van der Waals surface area (Å²) in [6, 6.07) is 0. The molecule has 0 aliphatic rings. The molecule has 0 saturated carbocycles. The molecule has 0 heterocycles. The van der Waals surface area contributed by atoms with Crippen molar-refractivity contribution in [3.8, 4) is 0 Å². The molecule has 2 nitrogen and oxygen atoms in total. The second-order valence-electron chi connectivity index (χ2n) is 5.72. The van der Waals surface area contributed by atoms with Crippen LogP contribution in [0.3, 0.4) is 0 Å². The van der Waals surface area contributed by atoms with Gasteiger partial charge in [0.25, 0.3) is 0 Å². The molecule has 0 rings (SSSR count). The largest absolute Gasteiger partial charge is 0.462 e. The Labute approximate surface area is 126 Å². The zero-order valence-corrected chi connectivity index (χ0v) is 13.8. The van der Waals surface area contributed by atoms with Crippen LogP contribution < -0.4 is 0 Å². The number of rotatable bonds is 11. The Bertz CT molecular complexity index is 258. The van der Waals surface area contributed by atoms with Crippen LogP contribution in [-0.2, 0) is 9.53 Å². The molecular formula is C15H28F2O2S. The van der Waals surface area contributed by atoms with E-state index in [9.17, 15) is 13.6 Å². The summed E-state index contributed by atoms with van der Waals surface area (Å²) in [5.41, 5.74) is 0. The molecule has 0 aliphatic heterocycles. The Morgan fingerprint density at radius 1 is 1.10 bits per heavy atom. The van der Waals surface area contributed by atoms with E-state index >= 15 is 0 Å². The Balaban J connectivity index is 3.95. The van der Waals surface area contributed by atoms with E-state index in [-0.39, 0.29) is 23.7 Å². The molecular weight excluding hydrogens is 282 g/mol. The number of hydrogen-bond donors (Lipinski definition) is 0. The van der Waals surface area contributed by atoms with Crippen LogP contribution in [-0.4, -0.2) is 29.5 Å². The van der Waals surface area contributed by atoms with Gasteiger partial charge in [0, 0.05) is 6.42 Å². The summed E-state index contributed by atoms with van der Waals surface area (Å²) in [5, 5.41) is -0.132. The Kier molecular flexibility index (Phi) is 11.2. The van der Waals surface area contributed by atoms with Crippen molar-refractivity contribution in [1.82, 2.24) is 0 Å². The van der Waals surface area contributed by atoms with E-state index < -0.39 is 6.43 Å². The quantitative estimate of drug-likeness (QED) is 0.400. The molecule has 0 aromatic carbocycles. The van der Waals surface area contributed by atoms with E-state index in [4.69, 9.17) is 4.74 Å². The molecule has 0 amide bonds. The lowest BCUT2D eigenvalue weighted by atomic mass is 10.1. The van der Waals surface area contributed by atoms with Gasteiger partial charge in [0.1, 0.15) is 5.25 Å². The molecule has 0 spiro atoms. The van der Waals surface area contributed by atoms with Crippen LogP contribution in [0.4, 0.5) is 8.78 Å². The minimum Gasteiger partial charge on any atom is -0.462 e. The maximum atomic E-state index is 12.0. The zero-order valence-electron chi connectivity index (χ0n) is 13.0. The summed E-state index contributed by atoms with van der Waals surface area (Å²) in [4.78, 5) is 12.0. The zero-order chi connectivity index (χ0) is 15.5. The van der Waals surface area contributed by atoms with Crippen molar-refractivity contribution in [2.24, 2.45) is 5.92 Å². The average Bonchev–Trinajstić information content (AvgIpc) is 2.30. The fourth-order valence-electron chi connectivity index (χ4n) is 1.77. The van der Waals surface area contributed by atoms with Crippen molar-refractivity contribution < 1.29 is 18.3 Å². The molecule has 0 fully saturated rings. The monoisotopic (exact) mass is 310 g/mol. The molecule has 0 bridgehead atoms. The van der Waals surface area contributed by atoms with E-state index in [0.29, 0.717) is 12.3 Å². The molecule has 0 saturated heterocycles. The number of esters is 1. The number of carbonyl (C=O) groups excluding carboxylic acids is 1. The molecule has 0 radical (unpaired) electrons. The van der Waals surface area contributed by atoms with Crippen molar-refractivity contribution in [3.05, 3.63) is 0 Å². The third-order valence-corrected chi connectivity index (χ3v) is 4.00. The average molecular weight is 310 g/mol. The third kappa shape index (κ3) is 11.5. The van der Waals surface area contributed by atoms with Crippen molar-refractivity contribution in [2.45, 2.75) is 77.6 Å². The summed E-state index contributed by atoms with van der Waals surface area (Å²) in [6.07, 6.45) is 0.721. The van der Waals surface area contributed by atoms with Gasteiger partial charge in [0.2, 0.25) is 6.43 Å². The number of hydrogen-bond acceptors (Lipinski definition) is 3. The fourth-order valence-corrected chi connectivity index (χ4v) is 3.14. The molecule has 5 heteroatoms. The van der Waals surface area contributed by atoms with Gasteiger partial charge in [-0.05, 0) is 44.8 Å². The standard InChI is InChI=1S/C15H28F2O2S/c1-11(2)10-13(15(18)19-12(3)4)20-9-7-5-6-8-14(16)17/h11-14H,5-10H2,1-4H3. The lowest BCUT2D eigenvalue weighted by Gasteiger charge is -2.19. The molecule has 0 aliphatic carbocycles. The van der Waals surface area contributed by atoms with Gasteiger partial charge in [-0.3, -0.25) is 4.79 Å². The van der Waals surface area contributed by atoms with Crippen LogP contribution in [0.1, 0.15) is 59.8 Å². The van der Waals surface area contributed by atoms with Crippen molar-refractivity contribution in [3.63, 3.8) is 0 Å². The summed E-state index contributed by atoms with van der Waals surface area (Å²) < 4.78 is 29.2. The van der Waals surface area contributed by atoms with Gasteiger partial charge in [-0.25, -0.2) is 8.78 Å². The Hall–Kier alpha value is -0.320. The first kappa shape index (κ1) is 19.7. The number of alkyl halides is 2. The molecule has 0 aromatic rings. The SMILES string of the molecule is CC(C)CC(SCCCCCC(F)F)C(=O)OC(C)C. The van der Waals surface area contributed by atoms with Gasteiger partial charge in [-0.1, -0.05) is 20.3 Å². The van der Waals surface area contributed by atoms with E-state index in [2.05, 4.69) is 13.8 Å². The van der Waals surface area contributed by atoms with Gasteiger partial charge < -0.3 is 4.74 Å². The van der Waals surface area contributed by atoms with Crippen LogP contribution in [0.5, 0.6) is 0 Å². The molecule has 1 atom stereocenters. The maximum Gasteiger partial charge on any atom is 0.319 e. The fraction of sp³-hybridized carbons (Fsp3) is 0.933. The Morgan fingerprint density at radius 2 is 1.75 bits per heavy atom. The molecule has 120 valence electrons. The highest BCUT2D eigenvalue weighted by atomic mass is 32.2. The molecule has 20 heavy (non-hydrogen) atoms. The predicted octanol–water partition coefficient (Wildman–Crippen LogP) is 4.91. The maximum absolute atomic E-state index is 12.0. The molecule has 0 aromatic heterocycles. The van der Waals surface area contributed by atoms with Crippen LogP contribution in [0.2, 0.25) is 0 Å². The second-order valence-corrected chi connectivity index (χ2v) is 7.03. The van der Waals surface area contributed by atoms with E-state index in [1.807, 2.05) is 13.8 Å². The smallest absolute Gasteiger partial charge is 0.319 e. The summed E-state index contributed by atoms with van der Waals surface area (Å²) in [5.74, 6) is 1.12. The van der Waals surface area contributed by atoms with Crippen molar-refractivity contribution >= 4 is 17.7 Å². The lowest BCUT2D eigenvalue weighted by Crippen LogP contribution is -2.25. The van der Waals surface area contributed by atoms with Gasteiger partial charge in [0.05, 0.1) is 6.10 Å². The minimum atomic E-state index is -2.20. The first-order valence-corrected chi connectivity index (χ1v) is 8.48. The van der Waals surface area contributed by atoms with Crippen molar-refractivity contribution in [2.75, 3.05) is 5.75 Å². The van der Waals surface area contributed by atoms with E-state index in [0.717, 1.165) is 25.0 Å². The highest BCUT2D eigenvalue weighted by Crippen LogP contribution is 2.23. The second kappa shape index (κ2) is 11.4. The molecule has 0 N–H and O–H groups in total. The van der Waals surface area contributed by atoms with Gasteiger partial charge >= 0.3 is 5.97 Å². The number of thioether (sulfide) groups is 1. The lowest BCUT2D eigenvalue weighted by molar-refractivity contribution is -0.147. The van der Waals surface area contributed by atoms with E-state index in [1.54, 1.807) is 11.8 Å². The number of carbonyl (C=O) groups is 1. The van der Waals surface area contributed by atoms with Crippen LogP contribution in [0, 0.1) is 5.92 Å². The number of unbranched alkanes of at least 4 members (excludes halogenated alkanes) is 2. The van der Waals surface area contributed by atoms with Gasteiger partial charge in [0.15, 0.2) is 0 Å². The minimum absolute atomic E-state index is 0.0184. The highest BCUT2D eigenvalue weighted by molar-refractivity contribution is 8.00. The summed E-state index contributed by atoms with van der Waals surface area (Å²) >= 11 is 1.60. The predicted molar refractivity (Wildman–Crippen MR) is 81.4 cm³/mol. The Morgan fingerprint density at radius 3 is 2.25 bits per heavy atom. The highest BCUT2D eigenvalue weighted by Gasteiger charge is 2.22. The summed E-state index contributed by atoms with van der Waals surface area (Å²) in [7, 11) is 0. The summed E-state index contributed by atoms with van der Waals surface area (Å²) in [6.45, 7) is 7.86. The normalized spacial score (nSPS) is 13.2. The first-order valence-electron chi connectivity index (χ1n) is 7.43.